The molecule has 0 unspecified atom stereocenters. The second kappa shape index (κ2) is 4.30. The molecule has 0 aliphatic carbocycles. The first-order valence-corrected chi connectivity index (χ1v) is 5.73. The van der Waals surface area contributed by atoms with Crippen LogP contribution in [0.25, 0.3) is 22.4 Å². The summed E-state index contributed by atoms with van der Waals surface area (Å²) < 4.78 is 0. The van der Waals surface area contributed by atoms with Gasteiger partial charge in [0, 0.05) is 11.9 Å². The molecule has 0 fully saturated rings. The highest BCUT2D eigenvalue weighted by Gasteiger charge is 1.99. The molecule has 0 aliphatic heterocycles. The first kappa shape index (κ1) is 9.91. The van der Waals surface area contributed by atoms with Crippen LogP contribution in [0.2, 0.25) is 0 Å². The lowest BCUT2D eigenvalue weighted by Crippen LogP contribution is -1.79. The van der Waals surface area contributed by atoms with E-state index in [1.807, 2.05) is 18.3 Å². The quantitative estimate of drug-likeness (QED) is 0.659. The van der Waals surface area contributed by atoms with Crippen molar-refractivity contribution in [3.63, 3.8) is 0 Å². The molecule has 0 aliphatic rings. The van der Waals surface area contributed by atoms with Gasteiger partial charge in [0.2, 0.25) is 0 Å². The van der Waals surface area contributed by atoms with Gasteiger partial charge in [-0.05, 0) is 28.8 Å². The van der Waals surface area contributed by atoms with Crippen molar-refractivity contribution in [1.29, 1.82) is 0 Å². The van der Waals surface area contributed by atoms with Crippen LogP contribution < -0.4 is 0 Å². The van der Waals surface area contributed by atoms with Crippen LogP contribution in [-0.4, -0.2) is 4.98 Å². The minimum absolute atomic E-state index is 1.16. The average molecular weight is 219 g/mol. The van der Waals surface area contributed by atoms with Crippen molar-refractivity contribution in [2.24, 2.45) is 0 Å². The summed E-state index contributed by atoms with van der Waals surface area (Å²) in [4.78, 5) is 3.21. The summed E-state index contributed by atoms with van der Waals surface area (Å²) in [7, 11) is 0. The van der Waals surface area contributed by atoms with E-state index >= 15 is 0 Å². The number of aromatic nitrogens is 1. The maximum absolute atomic E-state index is 3.21. The van der Waals surface area contributed by atoms with Crippen LogP contribution in [0.1, 0.15) is 0 Å². The number of H-pyrrole nitrogens is 1. The van der Waals surface area contributed by atoms with E-state index < -0.39 is 0 Å². The third kappa shape index (κ3) is 2.00. The number of hydrogen-bond donors (Lipinski definition) is 1. The lowest BCUT2D eigenvalue weighted by atomic mass is 10.0. The van der Waals surface area contributed by atoms with E-state index in [0.29, 0.717) is 0 Å². The Bertz CT molecular complexity index is 577. The number of rotatable bonds is 2. The fourth-order valence-corrected chi connectivity index (χ4v) is 1.98. The molecule has 1 nitrogen and oxygen atoms in total. The van der Waals surface area contributed by atoms with Crippen LogP contribution >= 0.6 is 0 Å². The van der Waals surface area contributed by atoms with Gasteiger partial charge >= 0.3 is 0 Å². The second-order valence-electron chi connectivity index (χ2n) is 4.03. The van der Waals surface area contributed by atoms with Gasteiger partial charge in [-0.15, -0.1) is 0 Å². The molecule has 0 bridgehead atoms. The van der Waals surface area contributed by atoms with Gasteiger partial charge in [0.15, 0.2) is 0 Å². The van der Waals surface area contributed by atoms with Crippen LogP contribution in [0.5, 0.6) is 0 Å². The van der Waals surface area contributed by atoms with E-state index in [0.717, 1.165) is 5.69 Å². The topological polar surface area (TPSA) is 15.8 Å². The Morgan fingerprint density at radius 2 is 1.18 bits per heavy atom. The zero-order valence-corrected chi connectivity index (χ0v) is 9.43. The molecular formula is C16H13N. The summed E-state index contributed by atoms with van der Waals surface area (Å²) in [5.74, 6) is 0. The number of aromatic amines is 1. The highest BCUT2D eigenvalue weighted by Crippen LogP contribution is 2.23. The van der Waals surface area contributed by atoms with Gasteiger partial charge in [-0.2, -0.15) is 0 Å². The molecule has 0 spiro atoms. The molecule has 0 atom stereocenters. The van der Waals surface area contributed by atoms with E-state index in [1.165, 1.54) is 16.7 Å². The van der Waals surface area contributed by atoms with Gasteiger partial charge in [-0.3, -0.25) is 0 Å². The lowest BCUT2D eigenvalue weighted by Gasteiger charge is -2.03. The van der Waals surface area contributed by atoms with E-state index in [-0.39, 0.29) is 0 Å². The zero-order valence-electron chi connectivity index (χ0n) is 9.43. The Labute approximate surface area is 101 Å². The van der Waals surface area contributed by atoms with Gasteiger partial charge in [-0.1, -0.05) is 54.6 Å². The maximum Gasteiger partial charge on any atom is 0.0453 e. The van der Waals surface area contributed by atoms with Crippen LogP contribution in [-0.2, 0) is 0 Å². The van der Waals surface area contributed by atoms with Crippen molar-refractivity contribution in [3.8, 4) is 22.4 Å². The fraction of sp³-hybridized carbons (Fsp3) is 0. The summed E-state index contributed by atoms with van der Waals surface area (Å²) >= 11 is 0. The van der Waals surface area contributed by atoms with Crippen LogP contribution in [0.15, 0.2) is 72.9 Å². The summed E-state index contributed by atoms with van der Waals surface area (Å²) in [5.41, 5.74) is 4.88. The lowest BCUT2D eigenvalue weighted by molar-refractivity contribution is 1.40. The molecule has 3 aromatic rings. The van der Waals surface area contributed by atoms with E-state index in [4.69, 9.17) is 0 Å². The van der Waals surface area contributed by atoms with Gasteiger partial charge in [0.25, 0.3) is 0 Å². The fourth-order valence-electron chi connectivity index (χ4n) is 1.98. The molecule has 1 heteroatoms. The molecule has 82 valence electrons. The minimum Gasteiger partial charge on any atom is -0.361 e. The van der Waals surface area contributed by atoms with Gasteiger partial charge in [0.05, 0.1) is 0 Å². The monoisotopic (exact) mass is 219 g/mol. The molecule has 2 aromatic carbocycles. The predicted octanol–water partition coefficient (Wildman–Crippen LogP) is 4.35. The Morgan fingerprint density at radius 1 is 0.529 bits per heavy atom. The first-order valence-electron chi connectivity index (χ1n) is 5.73. The third-order valence-corrected chi connectivity index (χ3v) is 2.90. The summed E-state index contributed by atoms with van der Waals surface area (Å²) in [5, 5.41) is 0. The van der Waals surface area contributed by atoms with E-state index in [1.54, 1.807) is 0 Å². The zero-order chi connectivity index (χ0) is 11.5. The first-order chi connectivity index (χ1) is 8.43. The Kier molecular flexibility index (Phi) is 2.51. The molecule has 17 heavy (non-hydrogen) atoms. The van der Waals surface area contributed by atoms with Gasteiger partial charge in [-0.25, -0.2) is 0 Å². The SMILES string of the molecule is c1ccc(-c2ccc(-c3ccc[nH]3)cc2)cc1. The molecule has 0 saturated carbocycles. The van der Waals surface area contributed by atoms with Crippen LogP contribution in [0, 0.1) is 0 Å². The van der Waals surface area contributed by atoms with Crippen molar-refractivity contribution in [1.82, 2.24) is 4.98 Å². The molecule has 1 aromatic heterocycles. The molecule has 0 radical (unpaired) electrons. The second-order valence-corrected chi connectivity index (χ2v) is 4.03. The van der Waals surface area contributed by atoms with E-state index in [2.05, 4.69) is 59.6 Å². The molecule has 0 saturated heterocycles. The predicted molar refractivity (Wildman–Crippen MR) is 71.7 cm³/mol. The highest BCUT2D eigenvalue weighted by molar-refractivity contribution is 5.68. The maximum atomic E-state index is 3.21. The molecule has 1 N–H and O–H groups in total. The van der Waals surface area contributed by atoms with Crippen LogP contribution in [0.3, 0.4) is 0 Å². The van der Waals surface area contributed by atoms with Crippen molar-refractivity contribution < 1.29 is 0 Å². The van der Waals surface area contributed by atoms with E-state index in [9.17, 15) is 0 Å². The molecule has 0 amide bonds. The summed E-state index contributed by atoms with van der Waals surface area (Å²) in [6.45, 7) is 0. The number of hydrogen-bond acceptors (Lipinski definition) is 0. The normalized spacial score (nSPS) is 10.4. The standard InChI is InChI=1S/C16H13N/c1-2-5-13(6-3-1)14-8-10-15(11-9-14)16-7-4-12-17-16/h1-12,17H. The molecule has 1 heterocycles. The van der Waals surface area contributed by atoms with Crippen molar-refractivity contribution >= 4 is 0 Å². The highest BCUT2D eigenvalue weighted by atomic mass is 14.7. The number of nitrogens with one attached hydrogen (secondary N) is 1. The Morgan fingerprint density at radius 3 is 1.82 bits per heavy atom. The Balaban J connectivity index is 1.96. The van der Waals surface area contributed by atoms with Crippen molar-refractivity contribution in [3.05, 3.63) is 72.9 Å². The largest absolute Gasteiger partial charge is 0.361 e. The molecule has 3 rings (SSSR count). The van der Waals surface area contributed by atoms with Crippen LogP contribution in [0.4, 0.5) is 0 Å². The van der Waals surface area contributed by atoms with Gasteiger partial charge < -0.3 is 4.98 Å². The van der Waals surface area contributed by atoms with Crippen molar-refractivity contribution in [2.75, 3.05) is 0 Å². The van der Waals surface area contributed by atoms with Crippen molar-refractivity contribution in [2.45, 2.75) is 0 Å². The van der Waals surface area contributed by atoms with Gasteiger partial charge in [0.1, 0.15) is 0 Å². The third-order valence-electron chi connectivity index (χ3n) is 2.90. The smallest absolute Gasteiger partial charge is 0.0453 e. The molecular weight excluding hydrogens is 206 g/mol. The Hall–Kier alpha value is -2.28. The summed E-state index contributed by atoms with van der Waals surface area (Å²) in [6, 6.07) is 23.1. The average Bonchev–Trinajstić information content (AvgIpc) is 2.94. The summed E-state index contributed by atoms with van der Waals surface area (Å²) in [6.07, 6.45) is 1.94. The minimum atomic E-state index is 1.16. The number of benzene rings is 2.